The van der Waals surface area contributed by atoms with E-state index in [1.165, 1.54) is 6.42 Å². The summed E-state index contributed by atoms with van der Waals surface area (Å²) in [5.41, 5.74) is 1.02. The lowest BCUT2D eigenvalue weighted by atomic mass is 9.79. The van der Waals surface area contributed by atoms with Gasteiger partial charge in [-0.1, -0.05) is 19.3 Å². The molecular weight excluding hydrogens is 294 g/mol. The van der Waals surface area contributed by atoms with Gasteiger partial charge in [-0.2, -0.15) is 0 Å². The molecule has 1 aliphatic heterocycles. The SMILES string of the molecule is CCOC(=O)C(C(=O)N1CCn2cncc2C1)C1CCCCC1. The van der Waals surface area contributed by atoms with E-state index in [0.717, 1.165) is 37.9 Å². The van der Waals surface area contributed by atoms with Crippen molar-refractivity contribution in [2.45, 2.75) is 52.1 Å². The van der Waals surface area contributed by atoms with Gasteiger partial charge in [-0.3, -0.25) is 9.59 Å². The van der Waals surface area contributed by atoms with Crippen molar-refractivity contribution in [3.63, 3.8) is 0 Å². The lowest BCUT2D eigenvalue weighted by Crippen LogP contribution is -2.46. The number of rotatable bonds is 4. The third kappa shape index (κ3) is 3.41. The van der Waals surface area contributed by atoms with Crippen molar-refractivity contribution in [1.82, 2.24) is 14.5 Å². The zero-order valence-electron chi connectivity index (χ0n) is 13.7. The summed E-state index contributed by atoms with van der Waals surface area (Å²) in [6, 6.07) is 0. The van der Waals surface area contributed by atoms with Crippen LogP contribution in [0.15, 0.2) is 12.5 Å². The van der Waals surface area contributed by atoms with Gasteiger partial charge in [-0.15, -0.1) is 0 Å². The number of ether oxygens (including phenoxy) is 1. The van der Waals surface area contributed by atoms with Crippen LogP contribution in [0.2, 0.25) is 0 Å². The van der Waals surface area contributed by atoms with E-state index in [2.05, 4.69) is 9.55 Å². The van der Waals surface area contributed by atoms with Crippen LogP contribution in [0.5, 0.6) is 0 Å². The van der Waals surface area contributed by atoms with Gasteiger partial charge in [-0.25, -0.2) is 4.98 Å². The quantitative estimate of drug-likeness (QED) is 0.629. The van der Waals surface area contributed by atoms with E-state index >= 15 is 0 Å². The first-order valence-corrected chi connectivity index (χ1v) is 8.65. The Morgan fingerprint density at radius 2 is 2.09 bits per heavy atom. The van der Waals surface area contributed by atoms with Gasteiger partial charge in [0.25, 0.3) is 0 Å². The lowest BCUT2D eigenvalue weighted by molar-refractivity contribution is -0.159. The molecule has 2 aliphatic rings. The van der Waals surface area contributed by atoms with Crippen LogP contribution in [0.25, 0.3) is 0 Å². The third-order valence-corrected chi connectivity index (χ3v) is 5.00. The topological polar surface area (TPSA) is 64.4 Å². The van der Waals surface area contributed by atoms with E-state index in [1.54, 1.807) is 24.3 Å². The fraction of sp³-hybridized carbons (Fsp3) is 0.706. The molecule has 126 valence electrons. The van der Waals surface area contributed by atoms with E-state index in [-0.39, 0.29) is 17.8 Å². The van der Waals surface area contributed by atoms with Gasteiger partial charge in [0.05, 0.1) is 25.2 Å². The second-order valence-electron chi connectivity index (χ2n) is 6.47. The van der Waals surface area contributed by atoms with Crippen molar-refractivity contribution in [3.8, 4) is 0 Å². The van der Waals surface area contributed by atoms with Gasteiger partial charge < -0.3 is 14.2 Å². The normalized spacial score (nSPS) is 20.0. The number of aromatic nitrogens is 2. The molecule has 1 aromatic rings. The fourth-order valence-electron chi connectivity index (χ4n) is 3.76. The lowest BCUT2D eigenvalue weighted by Gasteiger charge is -2.34. The van der Waals surface area contributed by atoms with Gasteiger partial charge in [0.2, 0.25) is 5.91 Å². The predicted octanol–water partition coefficient (Wildman–Crippen LogP) is 1.98. The zero-order chi connectivity index (χ0) is 16.2. The van der Waals surface area contributed by atoms with E-state index < -0.39 is 5.92 Å². The number of nitrogens with zero attached hydrogens (tertiary/aromatic N) is 3. The van der Waals surface area contributed by atoms with Crippen molar-refractivity contribution in [3.05, 3.63) is 18.2 Å². The molecule has 0 N–H and O–H groups in total. The highest BCUT2D eigenvalue weighted by Crippen LogP contribution is 2.32. The standard InChI is InChI=1S/C17H25N3O3/c1-2-23-17(22)15(13-6-4-3-5-7-13)16(21)19-8-9-20-12-18-10-14(20)11-19/h10,12-13,15H,2-9,11H2,1H3. The Hall–Kier alpha value is -1.85. The third-order valence-electron chi connectivity index (χ3n) is 5.00. The minimum atomic E-state index is -0.635. The summed E-state index contributed by atoms with van der Waals surface area (Å²) in [4.78, 5) is 31.4. The monoisotopic (exact) mass is 319 g/mol. The summed E-state index contributed by atoms with van der Waals surface area (Å²) in [5, 5.41) is 0. The highest BCUT2D eigenvalue weighted by atomic mass is 16.5. The van der Waals surface area contributed by atoms with E-state index in [9.17, 15) is 9.59 Å². The molecule has 0 saturated heterocycles. The van der Waals surface area contributed by atoms with Crippen LogP contribution in [-0.2, 0) is 27.4 Å². The number of imidazole rings is 1. The van der Waals surface area contributed by atoms with E-state index in [1.807, 2.05) is 0 Å². The van der Waals surface area contributed by atoms with Crippen molar-refractivity contribution >= 4 is 11.9 Å². The molecule has 1 atom stereocenters. The summed E-state index contributed by atoms with van der Waals surface area (Å²) >= 11 is 0. The summed E-state index contributed by atoms with van der Waals surface area (Å²) < 4.78 is 7.28. The molecule has 0 radical (unpaired) electrons. The number of hydrogen-bond donors (Lipinski definition) is 0. The number of fused-ring (bicyclic) bond motifs is 1. The van der Waals surface area contributed by atoms with Crippen molar-refractivity contribution in [2.24, 2.45) is 11.8 Å². The maximum Gasteiger partial charge on any atom is 0.318 e. The first-order valence-electron chi connectivity index (χ1n) is 8.65. The average Bonchev–Trinajstić information content (AvgIpc) is 3.04. The highest BCUT2D eigenvalue weighted by molar-refractivity contribution is 5.98. The number of amides is 1. The molecule has 1 aliphatic carbocycles. The maximum absolute atomic E-state index is 13.0. The van der Waals surface area contributed by atoms with Gasteiger partial charge in [0, 0.05) is 19.3 Å². The Labute approximate surface area is 136 Å². The van der Waals surface area contributed by atoms with Gasteiger partial charge in [0.1, 0.15) is 5.92 Å². The Balaban J connectivity index is 1.75. The smallest absolute Gasteiger partial charge is 0.318 e. The van der Waals surface area contributed by atoms with Crippen molar-refractivity contribution in [2.75, 3.05) is 13.2 Å². The molecule has 0 spiro atoms. The molecular formula is C17H25N3O3. The zero-order valence-corrected chi connectivity index (χ0v) is 13.7. The molecule has 0 bridgehead atoms. The second kappa shape index (κ2) is 7.15. The van der Waals surface area contributed by atoms with Crippen LogP contribution >= 0.6 is 0 Å². The van der Waals surface area contributed by atoms with E-state index in [0.29, 0.717) is 19.7 Å². The number of esters is 1. The molecule has 1 amide bonds. The fourth-order valence-corrected chi connectivity index (χ4v) is 3.76. The average molecular weight is 319 g/mol. The van der Waals surface area contributed by atoms with E-state index in [4.69, 9.17) is 4.74 Å². The maximum atomic E-state index is 13.0. The molecule has 1 unspecified atom stereocenters. The number of carbonyl (C=O) groups excluding carboxylic acids is 2. The molecule has 3 rings (SSSR count). The summed E-state index contributed by atoms with van der Waals surface area (Å²) in [7, 11) is 0. The van der Waals surface area contributed by atoms with Gasteiger partial charge in [-0.05, 0) is 25.7 Å². The Morgan fingerprint density at radius 1 is 1.30 bits per heavy atom. The number of carbonyl (C=O) groups is 2. The van der Waals surface area contributed by atoms with Gasteiger partial charge >= 0.3 is 5.97 Å². The largest absolute Gasteiger partial charge is 0.465 e. The number of hydrogen-bond acceptors (Lipinski definition) is 4. The second-order valence-corrected chi connectivity index (χ2v) is 6.47. The molecule has 6 heteroatoms. The summed E-state index contributed by atoms with van der Waals surface area (Å²) in [5.74, 6) is -0.918. The predicted molar refractivity (Wildman–Crippen MR) is 84.3 cm³/mol. The molecule has 1 fully saturated rings. The summed E-state index contributed by atoms with van der Waals surface area (Å²) in [6.45, 7) is 4.01. The molecule has 1 aromatic heterocycles. The minimum Gasteiger partial charge on any atom is -0.465 e. The van der Waals surface area contributed by atoms with Crippen LogP contribution in [0.1, 0.15) is 44.7 Å². The molecule has 23 heavy (non-hydrogen) atoms. The minimum absolute atomic E-state index is 0.0669. The van der Waals surface area contributed by atoms with Crippen LogP contribution in [0, 0.1) is 11.8 Å². The molecule has 6 nitrogen and oxygen atoms in total. The Bertz CT molecular complexity index is 563. The Kier molecular flexibility index (Phi) is 4.98. The van der Waals surface area contributed by atoms with Crippen LogP contribution in [0.3, 0.4) is 0 Å². The van der Waals surface area contributed by atoms with Crippen LogP contribution in [0.4, 0.5) is 0 Å². The van der Waals surface area contributed by atoms with Crippen LogP contribution in [-0.4, -0.2) is 39.5 Å². The van der Waals surface area contributed by atoms with Crippen LogP contribution < -0.4 is 0 Å². The van der Waals surface area contributed by atoms with Crippen molar-refractivity contribution in [1.29, 1.82) is 0 Å². The first kappa shape index (κ1) is 16.0. The first-order chi connectivity index (χ1) is 11.2. The molecule has 1 saturated carbocycles. The summed E-state index contributed by atoms with van der Waals surface area (Å²) in [6.07, 6.45) is 8.87. The van der Waals surface area contributed by atoms with Gasteiger partial charge in [0.15, 0.2) is 0 Å². The molecule has 2 heterocycles. The highest BCUT2D eigenvalue weighted by Gasteiger charge is 2.39. The van der Waals surface area contributed by atoms with Crippen molar-refractivity contribution < 1.29 is 14.3 Å². The molecule has 0 aromatic carbocycles. The Morgan fingerprint density at radius 3 is 2.83 bits per heavy atom.